The number of amides is 1. The van der Waals surface area contributed by atoms with Gasteiger partial charge >= 0.3 is 0 Å². The van der Waals surface area contributed by atoms with Crippen LogP contribution in [0.2, 0.25) is 0 Å². The molecule has 0 saturated carbocycles. The van der Waals surface area contributed by atoms with Crippen LogP contribution in [0.4, 0.5) is 11.5 Å². The number of methoxy groups -OCH3 is 1. The zero-order chi connectivity index (χ0) is 13.8. The minimum atomic E-state index is -0.281. The molecule has 1 aromatic carbocycles. The Bertz CT molecular complexity index is 583. The minimum Gasteiger partial charge on any atom is -0.495 e. The molecule has 0 bridgehead atoms. The Labute approximate surface area is 110 Å². The number of anilines is 2. The summed E-state index contributed by atoms with van der Waals surface area (Å²) < 4.78 is 5.22. The van der Waals surface area contributed by atoms with Gasteiger partial charge in [0.1, 0.15) is 11.6 Å². The number of nitrogen functional groups attached to an aromatic ring is 1. The first-order chi connectivity index (χ1) is 9.13. The first-order valence-corrected chi connectivity index (χ1v) is 5.63. The molecule has 0 aliphatic heterocycles. The molecule has 0 atom stereocenters. The van der Waals surface area contributed by atoms with Crippen LogP contribution < -0.4 is 15.4 Å². The normalized spacial score (nSPS) is 10.0. The van der Waals surface area contributed by atoms with Gasteiger partial charge in [0, 0.05) is 7.05 Å². The van der Waals surface area contributed by atoms with Gasteiger partial charge in [-0.1, -0.05) is 12.1 Å². The largest absolute Gasteiger partial charge is 0.495 e. The summed E-state index contributed by atoms with van der Waals surface area (Å²) in [5, 5.41) is 7.44. The summed E-state index contributed by atoms with van der Waals surface area (Å²) >= 11 is 0. The SMILES string of the molecule is COc1ccccc1N(C)C(=O)c1ccc(N)nn1. The molecule has 0 fully saturated rings. The molecule has 2 aromatic rings. The van der Waals surface area contributed by atoms with E-state index in [1.807, 2.05) is 12.1 Å². The van der Waals surface area contributed by atoms with E-state index in [4.69, 9.17) is 10.5 Å². The summed E-state index contributed by atoms with van der Waals surface area (Å²) in [4.78, 5) is 13.7. The summed E-state index contributed by atoms with van der Waals surface area (Å²) in [6.45, 7) is 0. The maximum Gasteiger partial charge on any atom is 0.278 e. The Morgan fingerprint density at radius 2 is 1.95 bits per heavy atom. The van der Waals surface area contributed by atoms with Crippen molar-refractivity contribution < 1.29 is 9.53 Å². The van der Waals surface area contributed by atoms with E-state index in [0.29, 0.717) is 11.4 Å². The van der Waals surface area contributed by atoms with Crippen LogP contribution in [-0.2, 0) is 0 Å². The lowest BCUT2D eigenvalue weighted by Crippen LogP contribution is -2.27. The number of carbonyl (C=O) groups is 1. The van der Waals surface area contributed by atoms with Gasteiger partial charge in [-0.15, -0.1) is 10.2 Å². The molecule has 0 spiro atoms. The maximum atomic E-state index is 12.3. The number of aromatic nitrogens is 2. The lowest BCUT2D eigenvalue weighted by molar-refractivity contribution is 0.0986. The van der Waals surface area contributed by atoms with Crippen LogP contribution in [0.5, 0.6) is 5.75 Å². The number of para-hydroxylation sites is 2. The molecule has 19 heavy (non-hydrogen) atoms. The van der Waals surface area contributed by atoms with Gasteiger partial charge in [0.2, 0.25) is 0 Å². The van der Waals surface area contributed by atoms with E-state index in [2.05, 4.69) is 10.2 Å². The van der Waals surface area contributed by atoms with E-state index in [0.717, 1.165) is 0 Å². The monoisotopic (exact) mass is 258 g/mol. The number of carbonyl (C=O) groups excluding carboxylic acids is 1. The van der Waals surface area contributed by atoms with Gasteiger partial charge in [-0.2, -0.15) is 0 Å². The van der Waals surface area contributed by atoms with Gasteiger partial charge in [0.25, 0.3) is 5.91 Å². The summed E-state index contributed by atoms with van der Waals surface area (Å²) in [6.07, 6.45) is 0. The fraction of sp³-hybridized carbons (Fsp3) is 0.154. The van der Waals surface area contributed by atoms with E-state index >= 15 is 0 Å². The number of ether oxygens (including phenoxy) is 1. The fourth-order valence-electron chi connectivity index (χ4n) is 1.64. The first kappa shape index (κ1) is 12.8. The Morgan fingerprint density at radius 3 is 2.58 bits per heavy atom. The molecular formula is C13H14N4O2. The van der Waals surface area contributed by atoms with Crippen LogP contribution >= 0.6 is 0 Å². The number of nitrogens with zero attached hydrogens (tertiary/aromatic N) is 3. The number of hydrogen-bond donors (Lipinski definition) is 1. The molecule has 6 heteroatoms. The predicted molar refractivity (Wildman–Crippen MR) is 72.2 cm³/mol. The quantitative estimate of drug-likeness (QED) is 0.898. The molecule has 2 N–H and O–H groups in total. The van der Waals surface area contributed by atoms with Crippen molar-refractivity contribution in [1.29, 1.82) is 0 Å². The van der Waals surface area contributed by atoms with Crippen LogP contribution in [-0.4, -0.2) is 30.3 Å². The average Bonchev–Trinajstić information content (AvgIpc) is 2.46. The lowest BCUT2D eigenvalue weighted by Gasteiger charge is -2.19. The maximum absolute atomic E-state index is 12.3. The highest BCUT2D eigenvalue weighted by Gasteiger charge is 2.18. The van der Waals surface area contributed by atoms with Crippen molar-refractivity contribution in [2.75, 3.05) is 24.8 Å². The zero-order valence-corrected chi connectivity index (χ0v) is 10.7. The molecule has 1 heterocycles. The van der Waals surface area contributed by atoms with Crippen molar-refractivity contribution in [3.63, 3.8) is 0 Å². The van der Waals surface area contributed by atoms with E-state index in [9.17, 15) is 4.79 Å². The van der Waals surface area contributed by atoms with Crippen molar-refractivity contribution >= 4 is 17.4 Å². The Hall–Kier alpha value is -2.63. The van der Waals surface area contributed by atoms with E-state index in [1.165, 1.54) is 17.0 Å². The molecule has 1 aromatic heterocycles. The van der Waals surface area contributed by atoms with Crippen molar-refractivity contribution in [2.24, 2.45) is 0 Å². The van der Waals surface area contributed by atoms with E-state index in [1.54, 1.807) is 26.3 Å². The highest BCUT2D eigenvalue weighted by atomic mass is 16.5. The molecule has 0 unspecified atom stereocenters. The Morgan fingerprint density at radius 1 is 1.21 bits per heavy atom. The summed E-state index contributed by atoms with van der Waals surface area (Å²) in [5.74, 6) is 0.607. The van der Waals surface area contributed by atoms with Crippen LogP contribution in [0, 0.1) is 0 Å². The number of rotatable bonds is 3. The van der Waals surface area contributed by atoms with Crippen molar-refractivity contribution in [2.45, 2.75) is 0 Å². The van der Waals surface area contributed by atoms with Crippen LogP contribution in [0.25, 0.3) is 0 Å². The van der Waals surface area contributed by atoms with Gasteiger partial charge in [0.15, 0.2) is 5.69 Å². The molecular weight excluding hydrogens is 244 g/mol. The number of hydrogen-bond acceptors (Lipinski definition) is 5. The molecule has 98 valence electrons. The molecule has 0 aliphatic rings. The molecule has 0 radical (unpaired) electrons. The van der Waals surface area contributed by atoms with Gasteiger partial charge in [-0.05, 0) is 24.3 Å². The highest BCUT2D eigenvalue weighted by molar-refractivity contribution is 6.05. The summed E-state index contributed by atoms with van der Waals surface area (Å²) in [7, 11) is 3.21. The molecule has 6 nitrogen and oxygen atoms in total. The van der Waals surface area contributed by atoms with E-state index in [-0.39, 0.29) is 17.4 Å². The third kappa shape index (κ3) is 2.62. The molecule has 2 rings (SSSR count). The van der Waals surface area contributed by atoms with E-state index < -0.39 is 0 Å². The molecule has 0 aliphatic carbocycles. The topological polar surface area (TPSA) is 81.3 Å². The van der Waals surface area contributed by atoms with Crippen LogP contribution in [0.1, 0.15) is 10.5 Å². The number of benzene rings is 1. The predicted octanol–water partition coefficient (Wildman–Crippen LogP) is 1.34. The highest BCUT2D eigenvalue weighted by Crippen LogP contribution is 2.27. The summed E-state index contributed by atoms with van der Waals surface area (Å²) in [5.41, 5.74) is 6.33. The Balaban J connectivity index is 2.30. The molecule has 0 saturated heterocycles. The van der Waals surface area contributed by atoms with Gasteiger partial charge in [0.05, 0.1) is 12.8 Å². The lowest BCUT2D eigenvalue weighted by atomic mass is 10.2. The van der Waals surface area contributed by atoms with Gasteiger partial charge in [-0.3, -0.25) is 4.79 Å². The van der Waals surface area contributed by atoms with Gasteiger partial charge < -0.3 is 15.4 Å². The summed E-state index contributed by atoms with van der Waals surface area (Å²) in [6, 6.07) is 10.3. The second-order valence-electron chi connectivity index (χ2n) is 3.88. The fourth-order valence-corrected chi connectivity index (χ4v) is 1.64. The zero-order valence-electron chi connectivity index (χ0n) is 10.7. The van der Waals surface area contributed by atoms with Crippen LogP contribution in [0.3, 0.4) is 0 Å². The smallest absolute Gasteiger partial charge is 0.278 e. The standard InChI is InChI=1S/C13H14N4O2/c1-17(10-5-3-4-6-11(10)19-2)13(18)9-7-8-12(14)16-15-9/h3-8H,1-2H3,(H2,14,16). The van der Waals surface area contributed by atoms with Crippen molar-refractivity contribution in [3.05, 3.63) is 42.1 Å². The Kier molecular flexibility index (Phi) is 3.61. The molecule has 1 amide bonds. The van der Waals surface area contributed by atoms with Crippen molar-refractivity contribution in [3.8, 4) is 5.75 Å². The minimum absolute atomic E-state index is 0.225. The second-order valence-corrected chi connectivity index (χ2v) is 3.88. The van der Waals surface area contributed by atoms with Crippen molar-refractivity contribution in [1.82, 2.24) is 10.2 Å². The third-order valence-electron chi connectivity index (χ3n) is 2.66. The second kappa shape index (κ2) is 5.34. The first-order valence-electron chi connectivity index (χ1n) is 5.63. The average molecular weight is 258 g/mol. The van der Waals surface area contributed by atoms with Crippen LogP contribution in [0.15, 0.2) is 36.4 Å². The third-order valence-corrected chi connectivity index (χ3v) is 2.66. The number of nitrogens with two attached hydrogens (primary N) is 1. The van der Waals surface area contributed by atoms with Gasteiger partial charge in [-0.25, -0.2) is 0 Å².